The Morgan fingerprint density at radius 1 is 1.07 bits per heavy atom. The number of benzene rings is 1. The minimum absolute atomic E-state index is 0.166. The molecule has 4 nitrogen and oxygen atoms in total. The average molecular weight is 424 g/mol. The summed E-state index contributed by atoms with van der Waals surface area (Å²) in [6, 6.07) is 12.5. The van der Waals surface area contributed by atoms with Crippen LogP contribution >= 0.6 is 23.5 Å². The van der Waals surface area contributed by atoms with Crippen molar-refractivity contribution in [2.45, 2.75) is 29.8 Å². The first-order chi connectivity index (χ1) is 14.3. The first-order valence-corrected chi connectivity index (χ1v) is 12.4. The summed E-state index contributed by atoms with van der Waals surface area (Å²) in [5, 5.41) is 1.21. The Morgan fingerprint density at radius 3 is 2.59 bits per heavy atom. The van der Waals surface area contributed by atoms with Gasteiger partial charge in [-0.15, -0.1) is 23.5 Å². The number of fused-ring (bicyclic) bond motifs is 1. The zero-order valence-corrected chi connectivity index (χ0v) is 18.0. The average Bonchev–Trinajstić information content (AvgIpc) is 3.24. The van der Waals surface area contributed by atoms with Gasteiger partial charge in [-0.25, -0.2) is 4.98 Å². The maximum absolute atomic E-state index is 13.0. The third-order valence-corrected chi connectivity index (χ3v) is 8.98. The van der Waals surface area contributed by atoms with Gasteiger partial charge in [-0.05, 0) is 72.1 Å². The van der Waals surface area contributed by atoms with Crippen LogP contribution in [0, 0.1) is 0 Å². The number of pyridine rings is 1. The van der Waals surface area contributed by atoms with Crippen LogP contribution in [-0.4, -0.2) is 45.4 Å². The smallest absolute Gasteiger partial charge is 0.253 e. The van der Waals surface area contributed by atoms with E-state index in [1.165, 1.54) is 34.4 Å². The molecule has 29 heavy (non-hydrogen) atoms. The number of likely N-dealkylation sites (tertiary alicyclic amines) is 1. The number of rotatable bonds is 3. The zero-order chi connectivity index (χ0) is 19.6. The van der Waals surface area contributed by atoms with E-state index in [1.54, 1.807) is 0 Å². The first-order valence-electron chi connectivity index (χ1n) is 10.3. The fraction of sp³-hybridized carbons (Fsp3) is 0.391. The molecule has 2 aromatic heterocycles. The van der Waals surface area contributed by atoms with Gasteiger partial charge in [0.1, 0.15) is 5.65 Å². The Balaban J connectivity index is 1.23. The number of aromatic amines is 1. The van der Waals surface area contributed by atoms with Crippen LogP contribution in [0.15, 0.2) is 48.8 Å². The molecule has 0 spiro atoms. The molecule has 150 valence electrons. The minimum Gasteiger partial charge on any atom is -0.346 e. The van der Waals surface area contributed by atoms with Gasteiger partial charge in [-0.1, -0.05) is 12.1 Å². The predicted octanol–water partition coefficient (Wildman–Crippen LogP) is 5.45. The highest BCUT2D eigenvalue weighted by molar-refractivity contribution is 8.16. The fourth-order valence-electron chi connectivity index (χ4n) is 4.35. The molecule has 2 saturated heterocycles. The number of aromatic nitrogens is 2. The second-order valence-electron chi connectivity index (χ2n) is 7.76. The van der Waals surface area contributed by atoms with Crippen molar-refractivity contribution in [3.63, 3.8) is 0 Å². The van der Waals surface area contributed by atoms with Gasteiger partial charge in [-0.2, -0.15) is 0 Å². The van der Waals surface area contributed by atoms with Crippen LogP contribution in [0.5, 0.6) is 0 Å². The Labute approximate surface area is 179 Å². The molecule has 1 amide bonds. The SMILES string of the molecule is O=C(c1ccc(C2SCCCS2)cc1)N1CCC(c2c[nH]c3ncccc23)CC1. The minimum atomic E-state index is 0.166. The summed E-state index contributed by atoms with van der Waals surface area (Å²) in [5.41, 5.74) is 4.44. The summed E-state index contributed by atoms with van der Waals surface area (Å²) in [4.78, 5) is 22.7. The number of thioether (sulfide) groups is 2. The van der Waals surface area contributed by atoms with E-state index in [1.807, 2.05) is 52.8 Å². The molecule has 3 aromatic rings. The van der Waals surface area contributed by atoms with E-state index < -0.39 is 0 Å². The topological polar surface area (TPSA) is 49.0 Å². The Hall–Kier alpha value is -1.92. The normalized spacial score (nSPS) is 19.0. The summed E-state index contributed by atoms with van der Waals surface area (Å²) >= 11 is 4.04. The molecule has 0 saturated carbocycles. The van der Waals surface area contributed by atoms with Crippen molar-refractivity contribution in [1.29, 1.82) is 0 Å². The number of H-pyrrole nitrogens is 1. The van der Waals surface area contributed by atoms with Crippen molar-refractivity contribution in [1.82, 2.24) is 14.9 Å². The number of amides is 1. The van der Waals surface area contributed by atoms with Gasteiger partial charge in [0, 0.05) is 36.4 Å². The second kappa shape index (κ2) is 8.44. The molecule has 0 unspecified atom stereocenters. The van der Waals surface area contributed by atoms with Crippen molar-refractivity contribution in [2.75, 3.05) is 24.6 Å². The summed E-state index contributed by atoms with van der Waals surface area (Å²) in [5.74, 6) is 3.12. The number of hydrogen-bond donors (Lipinski definition) is 1. The summed E-state index contributed by atoms with van der Waals surface area (Å²) < 4.78 is 0.523. The van der Waals surface area contributed by atoms with E-state index in [9.17, 15) is 4.79 Å². The molecular formula is C23H25N3OS2. The van der Waals surface area contributed by atoms with Crippen LogP contribution < -0.4 is 0 Å². The maximum Gasteiger partial charge on any atom is 0.253 e. The van der Waals surface area contributed by atoms with Gasteiger partial charge >= 0.3 is 0 Å². The van der Waals surface area contributed by atoms with E-state index in [0.29, 0.717) is 10.5 Å². The number of nitrogens with zero attached hydrogens (tertiary/aromatic N) is 2. The van der Waals surface area contributed by atoms with Gasteiger partial charge < -0.3 is 9.88 Å². The molecule has 2 aliphatic heterocycles. The van der Waals surface area contributed by atoms with Crippen molar-refractivity contribution >= 4 is 40.5 Å². The van der Waals surface area contributed by atoms with Crippen LogP contribution in [0.25, 0.3) is 11.0 Å². The second-order valence-corrected chi connectivity index (χ2v) is 10.5. The Bertz CT molecular complexity index is 987. The summed E-state index contributed by atoms with van der Waals surface area (Å²) in [6.07, 6.45) is 7.22. The van der Waals surface area contributed by atoms with Crippen LogP contribution in [0.2, 0.25) is 0 Å². The van der Waals surface area contributed by atoms with Gasteiger partial charge in [0.15, 0.2) is 0 Å². The molecule has 2 aliphatic rings. The van der Waals surface area contributed by atoms with Gasteiger partial charge in [0.25, 0.3) is 5.91 Å². The predicted molar refractivity (Wildman–Crippen MR) is 123 cm³/mol. The standard InChI is InChI=1S/C23H25N3OS2/c27-22(17-4-6-18(7-5-17)23-28-13-2-14-29-23)26-11-8-16(9-12-26)20-15-25-21-19(20)3-1-10-24-21/h1,3-7,10,15-16,23H,2,8-9,11-14H2,(H,24,25). The highest BCUT2D eigenvalue weighted by atomic mass is 32.2. The molecule has 0 atom stereocenters. The summed E-state index contributed by atoms with van der Waals surface area (Å²) in [6.45, 7) is 1.62. The molecule has 4 heterocycles. The lowest BCUT2D eigenvalue weighted by atomic mass is 9.89. The number of carbonyl (C=O) groups is 1. The molecular weight excluding hydrogens is 398 g/mol. The summed E-state index contributed by atoms with van der Waals surface area (Å²) in [7, 11) is 0. The van der Waals surface area contributed by atoms with Crippen LogP contribution in [0.1, 0.15) is 51.2 Å². The van der Waals surface area contributed by atoms with E-state index in [-0.39, 0.29) is 5.91 Å². The van der Waals surface area contributed by atoms with Crippen molar-refractivity contribution < 1.29 is 4.79 Å². The fourth-order valence-corrected chi connectivity index (χ4v) is 7.25. The van der Waals surface area contributed by atoms with Crippen molar-refractivity contribution in [3.05, 3.63) is 65.5 Å². The Kier molecular flexibility index (Phi) is 5.55. The lowest BCUT2D eigenvalue weighted by molar-refractivity contribution is 0.0713. The van der Waals surface area contributed by atoms with E-state index >= 15 is 0 Å². The van der Waals surface area contributed by atoms with Gasteiger partial charge in [0.05, 0.1) is 4.58 Å². The highest BCUT2D eigenvalue weighted by Crippen LogP contribution is 2.43. The van der Waals surface area contributed by atoms with Crippen LogP contribution in [0.4, 0.5) is 0 Å². The zero-order valence-electron chi connectivity index (χ0n) is 16.3. The number of nitrogens with one attached hydrogen (secondary N) is 1. The molecule has 1 N–H and O–H groups in total. The number of hydrogen-bond acceptors (Lipinski definition) is 4. The molecule has 1 aromatic carbocycles. The molecule has 2 fully saturated rings. The number of piperidine rings is 1. The quantitative estimate of drug-likeness (QED) is 0.608. The Morgan fingerprint density at radius 2 is 1.83 bits per heavy atom. The lowest BCUT2D eigenvalue weighted by Crippen LogP contribution is -2.37. The van der Waals surface area contributed by atoms with Crippen molar-refractivity contribution in [2.24, 2.45) is 0 Å². The van der Waals surface area contributed by atoms with E-state index in [4.69, 9.17) is 0 Å². The molecule has 0 radical (unpaired) electrons. The third-order valence-electron chi connectivity index (χ3n) is 5.96. The molecule has 5 rings (SSSR count). The number of carbonyl (C=O) groups excluding carboxylic acids is 1. The highest BCUT2D eigenvalue weighted by Gasteiger charge is 2.26. The first kappa shape index (κ1) is 19.1. The van der Waals surface area contributed by atoms with Gasteiger partial charge in [-0.3, -0.25) is 4.79 Å². The largest absolute Gasteiger partial charge is 0.346 e. The van der Waals surface area contributed by atoms with E-state index in [2.05, 4.69) is 34.4 Å². The molecule has 6 heteroatoms. The van der Waals surface area contributed by atoms with E-state index in [0.717, 1.165) is 37.1 Å². The maximum atomic E-state index is 13.0. The monoisotopic (exact) mass is 423 g/mol. The third kappa shape index (κ3) is 3.92. The van der Waals surface area contributed by atoms with Crippen LogP contribution in [0.3, 0.4) is 0 Å². The molecule has 0 bridgehead atoms. The van der Waals surface area contributed by atoms with Crippen molar-refractivity contribution in [3.8, 4) is 0 Å². The molecule has 0 aliphatic carbocycles. The van der Waals surface area contributed by atoms with Gasteiger partial charge in [0.2, 0.25) is 0 Å². The lowest BCUT2D eigenvalue weighted by Gasteiger charge is -2.32. The van der Waals surface area contributed by atoms with Crippen LogP contribution in [-0.2, 0) is 0 Å².